The zero-order chi connectivity index (χ0) is 15.6. The molecule has 126 valence electrons. The van der Waals surface area contributed by atoms with Crippen molar-refractivity contribution in [3.8, 4) is 0 Å². The molecule has 2 fully saturated rings. The van der Waals surface area contributed by atoms with E-state index in [1.807, 2.05) is 0 Å². The van der Waals surface area contributed by atoms with Crippen molar-refractivity contribution in [2.45, 2.75) is 71.6 Å². The standard InChI is InChI=1S/C21H36O/c1-3-5-7-18-8-12-20(13-9-18)21-14-10-19(11-15-21)17-22-16-6-4-2/h4-7,18-21H,3,8-17H2,1-2H3. The summed E-state index contributed by atoms with van der Waals surface area (Å²) in [4.78, 5) is 0. The Labute approximate surface area is 138 Å². The molecule has 0 unspecified atom stereocenters. The lowest BCUT2D eigenvalue weighted by Gasteiger charge is -2.37. The van der Waals surface area contributed by atoms with Crippen molar-refractivity contribution in [2.75, 3.05) is 13.2 Å². The number of hydrogen-bond donors (Lipinski definition) is 0. The summed E-state index contributed by atoms with van der Waals surface area (Å²) in [6.45, 7) is 6.07. The lowest BCUT2D eigenvalue weighted by molar-refractivity contribution is 0.0799. The largest absolute Gasteiger partial charge is 0.377 e. The summed E-state index contributed by atoms with van der Waals surface area (Å²) < 4.78 is 5.75. The average molecular weight is 305 g/mol. The van der Waals surface area contributed by atoms with Crippen LogP contribution in [0.25, 0.3) is 0 Å². The van der Waals surface area contributed by atoms with Crippen molar-refractivity contribution in [1.82, 2.24) is 0 Å². The van der Waals surface area contributed by atoms with Gasteiger partial charge in [0.2, 0.25) is 0 Å². The highest BCUT2D eigenvalue weighted by Gasteiger charge is 2.30. The third-order valence-corrected chi connectivity index (χ3v) is 5.82. The molecule has 1 heteroatoms. The summed E-state index contributed by atoms with van der Waals surface area (Å²) >= 11 is 0. The van der Waals surface area contributed by atoms with E-state index in [-0.39, 0.29) is 0 Å². The van der Waals surface area contributed by atoms with E-state index in [1.54, 1.807) is 0 Å². The Kier molecular flexibility index (Phi) is 8.30. The van der Waals surface area contributed by atoms with E-state index in [1.165, 1.54) is 57.8 Å². The second-order valence-corrected chi connectivity index (χ2v) is 7.40. The van der Waals surface area contributed by atoms with E-state index in [2.05, 4.69) is 38.2 Å². The van der Waals surface area contributed by atoms with Gasteiger partial charge in [-0.2, -0.15) is 0 Å². The van der Waals surface area contributed by atoms with Crippen LogP contribution in [0.2, 0.25) is 0 Å². The Hall–Kier alpha value is -0.560. The van der Waals surface area contributed by atoms with Crippen molar-refractivity contribution in [2.24, 2.45) is 23.7 Å². The second-order valence-electron chi connectivity index (χ2n) is 7.40. The Morgan fingerprint density at radius 2 is 1.50 bits per heavy atom. The van der Waals surface area contributed by atoms with Gasteiger partial charge in [-0.25, -0.2) is 0 Å². The third-order valence-electron chi connectivity index (χ3n) is 5.82. The molecule has 0 atom stereocenters. The molecular formula is C21H36O. The van der Waals surface area contributed by atoms with Gasteiger partial charge in [-0.15, -0.1) is 0 Å². The van der Waals surface area contributed by atoms with Gasteiger partial charge in [-0.3, -0.25) is 0 Å². The SMILES string of the molecule is CC=CCOCC1CCC(C2CCC(C=CCC)CC2)CC1. The Morgan fingerprint density at radius 1 is 0.864 bits per heavy atom. The molecule has 2 saturated carbocycles. The number of rotatable bonds is 7. The smallest absolute Gasteiger partial charge is 0.0647 e. The fourth-order valence-electron chi connectivity index (χ4n) is 4.36. The minimum Gasteiger partial charge on any atom is -0.377 e. The highest BCUT2D eigenvalue weighted by atomic mass is 16.5. The predicted octanol–water partition coefficient (Wildman–Crippen LogP) is 6.16. The molecule has 0 aromatic carbocycles. The second kappa shape index (κ2) is 10.3. The number of hydrogen-bond acceptors (Lipinski definition) is 1. The summed E-state index contributed by atoms with van der Waals surface area (Å²) in [6, 6.07) is 0. The van der Waals surface area contributed by atoms with Gasteiger partial charge in [0.15, 0.2) is 0 Å². The molecule has 0 aliphatic heterocycles. The summed E-state index contributed by atoms with van der Waals surface area (Å²) in [7, 11) is 0. The molecule has 2 aliphatic rings. The van der Waals surface area contributed by atoms with Crippen LogP contribution in [0.5, 0.6) is 0 Å². The van der Waals surface area contributed by atoms with Gasteiger partial charge in [-0.05, 0) is 88.4 Å². The zero-order valence-electron chi connectivity index (χ0n) is 14.8. The highest BCUT2D eigenvalue weighted by Crippen LogP contribution is 2.41. The van der Waals surface area contributed by atoms with Crippen molar-refractivity contribution in [3.63, 3.8) is 0 Å². The molecule has 22 heavy (non-hydrogen) atoms. The third kappa shape index (κ3) is 5.91. The summed E-state index contributed by atoms with van der Waals surface area (Å²) in [6.07, 6.45) is 21.8. The van der Waals surface area contributed by atoms with Crippen LogP contribution in [-0.2, 0) is 4.74 Å². The van der Waals surface area contributed by atoms with Crippen LogP contribution in [0.15, 0.2) is 24.3 Å². The maximum atomic E-state index is 5.75. The number of ether oxygens (including phenoxy) is 1. The highest BCUT2D eigenvalue weighted by molar-refractivity contribution is 4.92. The molecule has 0 saturated heterocycles. The predicted molar refractivity (Wildman–Crippen MR) is 96.0 cm³/mol. The van der Waals surface area contributed by atoms with Gasteiger partial charge in [0, 0.05) is 6.61 Å². The van der Waals surface area contributed by atoms with Crippen molar-refractivity contribution in [1.29, 1.82) is 0 Å². The van der Waals surface area contributed by atoms with Crippen LogP contribution in [0, 0.1) is 23.7 Å². The van der Waals surface area contributed by atoms with Crippen LogP contribution in [0.4, 0.5) is 0 Å². The van der Waals surface area contributed by atoms with E-state index in [0.29, 0.717) is 0 Å². The van der Waals surface area contributed by atoms with Crippen LogP contribution >= 0.6 is 0 Å². The Balaban J connectivity index is 1.62. The maximum Gasteiger partial charge on any atom is 0.0647 e. The molecule has 0 heterocycles. The molecule has 0 bridgehead atoms. The molecule has 2 rings (SSSR count). The van der Waals surface area contributed by atoms with Crippen LogP contribution in [0.1, 0.15) is 71.6 Å². The molecule has 0 radical (unpaired) electrons. The van der Waals surface area contributed by atoms with Gasteiger partial charge in [0.1, 0.15) is 0 Å². The minimum atomic E-state index is 0.797. The van der Waals surface area contributed by atoms with Crippen LogP contribution in [-0.4, -0.2) is 13.2 Å². The van der Waals surface area contributed by atoms with Crippen LogP contribution < -0.4 is 0 Å². The first kappa shape index (κ1) is 17.8. The van der Waals surface area contributed by atoms with Gasteiger partial charge < -0.3 is 4.74 Å². The first-order valence-corrected chi connectivity index (χ1v) is 9.69. The lowest BCUT2D eigenvalue weighted by Crippen LogP contribution is -2.26. The van der Waals surface area contributed by atoms with E-state index < -0.39 is 0 Å². The van der Waals surface area contributed by atoms with E-state index in [4.69, 9.17) is 4.74 Å². The number of allylic oxidation sites excluding steroid dienone is 3. The molecule has 0 N–H and O–H groups in total. The van der Waals surface area contributed by atoms with E-state index >= 15 is 0 Å². The first-order chi connectivity index (χ1) is 10.8. The zero-order valence-corrected chi connectivity index (χ0v) is 14.8. The fourth-order valence-corrected chi connectivity index (χ4v) is 4.36. The first-order valence-electron chi connectivity index (χ1n) is 9.69. The Morgan fingerprint density at radius 3 is 2.09 bits per heavy atom. The topological polar surface area (TPSA) is 9.23 Å². The van der Waals surface area contributed by atoms with Crippen molar-refractivity contribution in [3.05, 3.63) is 24.3 Å². The molecular weight excluding hydrogens is 268 g/mol. The molecule has 2 aliphatic carbocycles. The minimum absolute atomic E-state index is 0.797. The van der Waals surface area contributed by atoms with Gasteiger partial charge in [0.05, 0.1) is 6.61 Å². The van der Waals surface area contributed by atoms with Crippen molar-refractivity contribution >= 4 is 0 Å². The summed E-state index contributed by atoms with van der Waals surface area (Å²) in [5.74, 6) is 3.75. The summed E-state index contributed by atoms with van der Waals surface area (Å²) in [5, 5.41) is 0. The molecule has 0 aromatic rings. The van der Waals surface area contributed by atoms with E-state index in [0.717, 1.165) is 36.9 Å². The van der Waals surface area contributed by atoms with Gasteiger partial charge in [0.25, 0.3) is 0 Å². The lowest BCUT2D eigenvalue weighted by atomic mass is 9.69. The summed E-state index contributed by atoms with van der Waals surface area (Å²) in [5.41, 5.74) is 0. The molecule has 0 aromatic heterocycles. The van der Waals surface area contributed by atoms with E-state index in [9.17, 15) is 0 Å². The average Bonchev–Trinajstić information content (AvgIpc) is 2.58. The Bertz CT molecular complexity index is 328. The molecule has 0 spiro atoms. The fraction of sp³-hybridized carbons (Fsp3) is 0.810. The van der Waals surface area contributed by atoms with Crippen molar-refractivity contribution < 1.29 is 4.74 Å². The van der Waals surface area contributed by atoms with Crippen LogP contribution in [0.3, 0.4) is 0 Å². The molecule has 1 nitrogen and oxygen atoms in total. The quantitative estimate of drug-likeness (QED) is 0.404. The normalized spacial score (nSPS) is 33.7. The maximum absolute atomic E-state index is 5.75. The van der Waals surface area contributed by atoms with Gasteiger partial charge in [-0.1, -0.05) is 31.2 Å². The molecule has 0 amide bonds. The van der Waals surface area contributed by atoms with Gasteiger partial charge >= 0.3 is 0 Å². The monoisotopic (exact) mass is 304 g/mol.